The molecule has 150 valence electrons. The summed E-state index contributed by atoms with van der Waals surface area (Å²) in [6.07, 6.45) is -0.00391. The van der Waals surface area contributed by atoms with E-state index in [9.17, 15) is 23.0 Å². The number of benzene rings is 1. The number of β-amino-alcohol motifs (C(OH)–C–C–N with tert-alkyl or cyclic N) is 1. The Morgan fingerprint density at radius 2 is 2.25 bits per heavy atom. The van der Waals surface area contributed by atoms with E-state index in [-0.39, 0.29) is 28.0 Å². The highest BCUT2D eigenvalue weighted by molar-refractivity contribution is 7.89. The predicted molar refractivity (Wildman–Crippen MR) is 96.1 cm³/mol. The van der Waals surface area contributed by atoms with E-state index in [1.165, 1.54) is 25.4 Å². The summed E-state index contributed by atoms with van der Waals surface area (Å²) in [4.78, 5) is 3.00. The Morgan fingerprint density at radius 3 is 2.79 bits per heavy atom. The van der Waals surface area contributed by atoms with Crippen LogP contribution in [0.15, 0.2) is 29.4 Å². The highest BCUT2D eigenvalue weighted by Gasteiger charge is 2.51. The first-order chi connectivity index (χ1) is 13.1. The summed E-state index contributed by atoms with van der Waals surface area (Å²) < 4.78 is 47.2. The average Bonchev–Trinajstić information content (AvgIpc) is 3.16. The van der Waals surface area contributed by atoms with E-state index >= 15 is 0 Å². The van der Waals surface area contributed by atoms with Crippen LogP contribution in [0.2, 0.25) is 5.02 Å². The number of halogens is 2. The van der Waals surface area contributed by atoms with Gasteiger partial charge >= 0.3 is 0 Å². The molecule has 1 saturated heterocycles. The second-order valence-corrected chi connectivity index (χ2v) is 8.57. The lowest BCUT2D eigenvalue weighted by atomic mass is 10.0. The summed E-state index contributed by atoms with van der Waals surface area (Å²) in [7, 11) is -2.74. The molecule has 12 heteroatoms. The van der Waals surface area contributed by atoms with Crippen LogP contribution in [-0.2, 0) is 17.1 Å². The fourth-order valence-electron chi connectivity index (χ4n) is 2.94. The monoisotopic (exact) mass is 430 g/mol. The zero-order valence-electron chi connectivity index (χ0n) is 14.6. The predicted octanol–water partition coefficient (Wildman–Crippen LogP) is 0.939. The quantitative estimate of drug-likeness (QED) is 0.683. The Hall–Kier alpha value is -2.23. The van der Waals surface area contributed by atoms with Crippen molar-refractivity contribution in [2.24, 2.45) is 7.05 Å². The zero-order valence-corrected chi connectivity index (χ0v) is 16.2. The molecule has 1 aromatic carbocycles. The lowest BCUT2D eigenvalue weighted by molar-refractivity contribution is -0.0641. The van der Waals surface area contributed by atoms with Gasteiger partial charge in [0.25, 0.3) is 10.0 Å². The number of sulfonamides is 1. The second kappa shape index (κ2) is 7.31. The average molecular weight is 431 g/mol. The van der Waals surface area contributed by atoms with E-state index in [0.717, 1.165) is 15.1 Å². The Kier molecular flexibility index (Phi) is 5.35. The Balaban J connectivity index is 1.90. The molecular formula is C16H16ClFN4O5S. The third-order valence-corrected chi connectivity index (χ3v) is 6.76. The van der Waals surface area contributed by atoms with Crippen molar-refractivity contribution in [2.75, 3.05) is 19.7 Å². The van der Waals surface area contributed by atoms with Crippen LogP contribution in [0, 0.1) is 12.4 Å². The molecule has 1 aliphatic rings. The van der Waals surface area contributed by atoms with Gasteiger partial charge in [-0.15, -0.1) is 0 Å². The molecule has 0 radical (unpaired) electrons. The number of nitrogens with zero attached hydrogens (tertiary/aromatic N) is 4. The topological polar surface area (TPSA) is 109 Å². The van der Waals surface area contributed by atoms with Gasteiger partial charge < -0.3 is 14.9 Å². The zero-order chi connectivity index (χ0) is 20.7. The Bertz CT molecular complexity index is 1030. The molecule has 0 bridgehead atoms. The SMILES string of the molecule is [C-]#[N+]c1ccc(O[C@H]2CN(S(=O)(=O)c3c(Cl)cnn3C)C[C@@]2(O)CO)cc1F. The van der Waals surface area contributed by atoms with Gasteiger partial charge in [0.2, 0.25) is 5.69 Å². The van der Waals surface area contributed by atoms with Gasteiger partial charge in [-0.25, -0.2) is 17.7 Å². The second-order valence-electron chi connectivity index (χ2n) is 6.31. The standard InChI is InChI=1S/C16H16ClFN4O5S/c1-19-13-4-3-10(5-12(13)18)27-14-7-22(8-16(14,24)9-23)28(25,26)15-11(17)6-20-21(15)2/h3-6,14,23-24H,7-9H2,2H3/t14-,16+/m0/s1. The van der Waals surface area contributed by atoms with Crippen molar-refractivity contribution < 1.29 is 27.8 Å². The maximum Gasteiger partial charge on any atom is 0.261 e. The minimum absolute atomic E-state index is 0.0143. The van der Waals surface area contributed by atoms with Gasteiger partial charge in [0, 0.05) is 19.7 Å². The molecule has 9 nitrogen and oxygen atoms in total. The smallest absolute Gasteiger partial charge is 0.261 e. The maximum atomic E-state index is 13.8. The summed E-state index contributed by atoms with van der Waals surface area (Å²) in [5.41, 5.74) is -2.13. The molecule has 0 saturated carbocycles. The fraction of sp³-hybridized carbons (Fsp3) is 0.375. The van der Waals surface area contributed by atoms with E-state index in [0.29, 0.717) is 0 Å². The summed E-state index contributed by atoms with van der Waals surface area (Å²) in [6.45, 7) is 5.29. The van der Waals surface area contributed by atoms with Crippen molar-refractivity contribution in [3.05, 3.63) is 46.7 Å². The van der Waals surface area contributed by atoms with Crippen molar-refractivity contribution in [3.63, 3.8) is 0 Å². The molecule has 1 fully saturated rings. The highest BCUT2D eigenvalue weighted by atomic mass is 35.5. The number of aromatic nitrogens is 2. The van der Waals surface area contributed by atoms with Crippen molar-refractivity contribution in [1.29, 1.82) is 0 Å². The van der Waals surface area contributed by atoms with Crippen LogP contribution in [0.5, 0.6) is 5.75 Å². The minimum Gasteiger partial charge on any atom is -0.486 e. The molecule has 1 aromatic heterocycles. The van der Waals surface area contributed by atoms with Gasteiger partial charge in [0.15, 0.2) is 5.03 Å². The van der Waals surface area contributed by atoms with Crippen LogP contribution in [0.4, 0.5) is 10.1 Å². The fourth-order valence-corrected chi connectivity index (χ4v) is 5.04. The number of hydrogen-bond donors (Lipinski definition) is 2. The number of aliphatic hydroxyl groups is 2. The van der Waals surface area contributed by atoms with Gasteiger partial charge in [0.05, 0.1) is 30.9 Å². The Labute approximate surface area is 165 Å². The van der Waals surface area contributed by atoms with Crippen molar-refractivity contribution >= 4 is 27.3 Å². The minimum atomic E-state index is -4.15. The lowest BCUT2D eigenvalue weighted by Gasteiger charge is -2.27. The molecule has 2 aromatic rings. The van der Waals surface area contributed by atoms with Crippen LogP contribution in [0.1, 0.15) is 0 Å². The number of aryl methyl sites for hydroxylation is 1. The summed E-state index contributed by atoms with van der Waals surface area (Å²) >= 11 is 5.93. The van der Waals surface area contributed by atoms with Gasteiger partial charge in [-0.1, -0.05) is 11.6 Å². The molecule has 28 heavy (non-hydrogen) atoms. The van der Waals surface area contributed by atoms with E-state index in [2.05, 4.69) is 9.94 Å². The van der Waals surface area contributed by atoms with Crippen LogP contribution in [0.3, 0.4) is 0 Å². The molecule has 3 rings (SSSR count). The van der Waals surface area contributed by atoms with Crippen LogP contribution in [-0.4, -0.2) is 64.1 Å². The molecule has 0 unspecified atom stereocenters. The molecule has 1 aliphatic heterocycles. The van der Waals surface area contributed by atoms with Gasteiger partial charge in [-0.05, 0) is 12.1 Å². The number of rotatable bonds is 5. The Morgan fingerprint density at radius 1 is 1.54 bits per heavy atom. The summed E-state index contributed by atoms with van der Waals surface area (Å²) in [5.74, 6) is -0.830. The summed E-state index contributed by atoms with van der Waals surface area (Å²) in [5, 5.41) is 23.8. The number of aliphatic hydroxyl groups excluding tert-OH is 1. The molecule has 2 atom stereocenters. The molecule has 0 amide bonds. The summed E-state index contributed by atoms with van der Waals surface area (Å²) in [6, 6.07) is 3.48. The van der Waals surface area contributed by atoms with Crippen LogP contribution < -0.4 is 4.74 Å². The van der Waals surface area contributed by atoms with Crippen LogP contribution in [0.25, 0.3) is 4.85 Å². The first-order valence-corrected chi connectivity index (χ1v) is 9.79. The van der Waals surface area contributed by atoms with Gasteiger partial charge in [-0.3, -0.25) is 4.68 Å². The van der Waals surface area contributed by atoms with E-state index in [1.807, 2.05) is 0 Å². The van der Waals surface area contributed by atoms with E-state index in [1.54, 1.807) is 0 Å². The lowest BCUT2D eigenvalue weighted by Crippen LogP contribution is -2.48. The first kappa shape index (κ1) is 20.5. The van der Waals surface area contributed by atoms with Crippen LogP contribution >= 0.6 is 11.6 Å². The number of ether oxygens (including phenoxy) is 1. The highest BCUT2D eigenvalue weighted by Crippen LogP contribution is 2.33. The molecule has 2 N–H and O–H groups in total. The molecule has 0 aliphatic carbocycles. The van der Waals surface area contributed by atoms with E-state index in [4.69, 9.17) is 22.9 Å². The van der Waals surface area contributed by atoms with Crippen molar-refractivity contribution in [3.8, 4) is 5.75 Å². The number of hydrogen-bond acceptors (Lipinski definition) is 6. The maximum absolute atomic E-state index is 13.8. The van der Waals surface area contributed by atoms with Gasteiger partial charge in [0.1, 0.15) is 23.3 Å². The van der Waals surface area contributed by atoms with Gasteiger partial charge in [-0.2, -0.15) is 9.40 Å². The van der Waals surface area contributed by atoms with E-state index < -0.39 is 40.7 Å². The van der Waals surface area contributed by atoms with Crippen molar-refractivity contribution in [1.82, 2.24) is 14.1 Å². The third kappa shape index (κ3) is 3.45. The van der Waals surface area contributed by atoms with Crippen molar-refractivity contribution in [2.45, 2.75) is 16.7 Å². The largest absolute Gasteiger partial charge is 0.486 e. The first-order valence-electron chi connectivity index (χ1n) is 7.97. The normalized spacial score (nSPS) is 22.9. The third-order valence-electron chi connectivity index (χ3n) is 4.44. The molecule has 2 heterocycles. The molecular weight excluding hydrogens is 415 g/mol. The molecule has 0 spiro atoms.